The average Bonchev–Trinajstić information content (AvgIpc) is 2.73. The topological polar surface area (TPSA) is 54.0 Å². The van der Waals surface area contributed by atoms with E-state index in [1.165, 1.54) is 0 Å². The number of anilines is 1. The van der Waals surface area contributed by atoms with Crippen LogP contribution in [-0.2, 0) is 11.3 Å². The number of carbonyl (C=O) groups is 1. The summed E-state index contributed by atoms with van der Waals surface area (Å²) in [5.41, 5.74) is 1.66. The molecular formula is C21H25Cl2N3O3. The van der Waals surface area contributed by atoms with Gasteiger partial charge in [-0.1, -0.05) is 35.3 Å². The third-order valence-electron chi connectivity index (χ3n) is 4.94. The molecule has 156 valence electrons. The Morgan fingerprint density at radius 2 is 1.76 bits per heavy atom. The van der Waals surface area contributed by atoms with Gasteiger partial charge in [0.1, 0.15) is 11.5 Å². The molecule has 29 heavy (non-hydrogen) atoms. The Hall–Kier alpha value is -1.99. The Bertz CT molecular complexity index is 855. The molecule has 1 fully saturated rings. The Morgan fingerprint density at radius 3 is 2.45 bits per heavy atom. The molecule has 0 unspecified atom stereocenters. The molecule has 1 N–H and O–H groups in total. The maximum absolute atomic E-state index is 12.5. The van der Waals surface area contributed by atoms with Gasteiger partial charge >= 0.3 is 0 Å². The number of nitrogens with one attached hydrogen (secondary N) is 1. The Morgan fingerprint density at radius 1 is 1.03 bits per heavy atom. The number of rotatable bonds is 7. The number of carbonyl (C=O) groups excluding carboxylic acids is 1. The van der Waals surface area contributed by atoms with Crippen LogP contribution in [0.4, 0.5) is 5.69 Å². The zero-order chi connectivity index (χ0) is 20.8. The molecule has 8 heteroatoms. The summed E-state index contributed by atoms with van der Waals surface area (Å²) in [6.45, 7) is 4.43. The standard InChI is InChI=1S/C21H25Cl2N3O3/c1-28-16-6-7-18(19(12-16)29-2)24-20(27)14-26-10-8-25(9-11-26)13-15-4-3-5-17(22)21(15)23/h3-7,12H,8-11,13-14H2,1-2H3,(H,24,27). The van der Waals surface area contributed by atoms with Crippen LogP contribution in [0.25, 0.3) is 0 Å². The molecule has 0 radical (unpaired) electrons. The van der Waals surface area contributed by atoms with E-state index in [2.05, 4.69) is 15.1 Å². The lowest BCUT2D eigenvalue weighted by Crippen LogP contribution is -2.48. The van der Waals surface area contributed by atoms with Gasteiger partial charge in [-0.2, -0.15) is 0 Å². The van der Waals surface area contributed by atoms with Gasteiger partial charge in [-0.05, 0) is 23.8 Å². The van der Waals surface area contributed by atoms with Gasteiger partial charge in [0.25, 0.3) is 0 Å². The van der Waals surface area contributed by atoms with E-state index >= 15 is 0 Å². The molecule has 0 atom stereocenters. The van der Waals surface area contributed by atoms with Crippen LogP contribution in [0.3, 0.4) is 0 Å². The number of amides is 1. The molecule has 0 bridgehead atoms. The lowest BCUT2D eigenvalue weighted by atomic mass is 10.2. The second-order valence-electron chi connectivity index (χ2n) is 6.88. The monoisotopic (exact) mass is 437 g/mol. The summed E-state index contributed by atoms with van der Waals surface area (Å²) in [6.07, 6.45) is 0. The van der Waals surface area contributed by atoms with Crippen LogP contribution in [0.1, 0.15) is 5.56 Å². The van der Waals surface area contributed by atoms with E-state index in [0.717, 1.165) is 38.3 Å². The fraction of sp³-hybridized carbons (Fsp3) is 0.381. The molecule has 2 aromatic rings. The van der Waals surface area contributed by atoms with Gasteiger partial charge in [-0.25, -0.2) is 0 Å². The number of benzene rings is 2. The number of hydrogen-bond donors (Lipinski definition) is 1. The van der Waals surface area contributed by atoms with E-state index in [9.17, 15) is 4.79 Å². The first-order valence-corrected chi connectivity index (χ1v) is 10.1. The lowest BCUT2D eigenvalue weighted by molar-refractivity contribution is -0.117. The molecule has 6 nitrogen and oxygen atoms in total. The first-order valence-electron chi connectivity index (χ1n) is 9.39. The maximum Gasteiger partial charge on any atom is 0.238 e. The summed E-state index contributed by atoms with van der Waals surface area (Å²) in [5.74, 6) is 1.18. The summed E-state index contributed by atoms with van der Waals surface area (Å²) in [7, 11) is 3.16. The molecule has 1 heterocycles. The molecule has 1 amide bonds. The van der Waals surface area contributed by atoms with Gasteiger partial charge in [0.2, 0.25) is 5.91 Å². The highest BCUT2D eigenvalue weighted by molar-refractivity contribution is 6.42. The molecule has 1 aliphatic rings. The van der Waals surface area contributed by atoms with Crippen molar-refractivity contribution >= 4 is 34.8 Å². The molecule has 0 spiro atoms. The van der Waals surface area contributed by atoms with Crippen molar-refractivity contribution in [3.63, 3.8) is 0 Å². The molecule has 0 saturated carbocycles. The second-order valence-corrected chi connectivity index (χ2v) is 7.66. The summed E-state index contributed by atoms with van der Waals surface area (Å²) < 4.78 is 10.5. The summed E-state index contributed by atoms with van der Waals surface area (Å²) in [5, 5.41) is 4.11. The maximum atomic E-state index is 12.5. The van der Waals surface area contributed by atoms with Crippen molar-refractivity contribution < 1.29 is 14.3 Å². The predicted octanol–water partition coefficient (Wildman–Crippen LogP) is 3.77. The molecule has 2 aromatic carbocycles. The van der Waals surface area contributed by atoms with Gasteiger partial charge in [0.15, 0.2) is 0 Å². The quantitative estimate of drug-likeness (QED) is 0.714. The second kappa shape index (κ2) is 10.2. The number of ether oxygens (including phenoxy) is 2. The van der Waals surface area contributed by atoms with Gasteiger partial charge in [0, 0.05) is 38.8 Å². The third kappa shape index (κ3) is 5.76. The van der Waals surface area contributed by atoms with Crippen LogP contribution in [0.15, 0.2) is 36.4 Å². The van der Waals surface area contributed by atoms with Gasteiger partial charge in [-0.3, -0.25) is 14.6 Å². The number of methoxy groups -OCH3 is 2. The molecule has 0 aromatic heterocycles. The van der Waals surface area contributed by atoms with Crippen molar-refractivity contribution in [3.05, 3.63) is 52.0 Å². The van der Waals surface area contributed by atoms with Crippen LogP contribution in [0.2, 0.25) is 10.0 Å². The number of hydrogen-bond acceptors (Lipinski definition) is 5. The van der Waals surface area contributed by atoms with Crippen LogP contribution >= 0.6 is 23.2 Å². The van der Waals surface area contributed by atoms with Crippen molar-refractivity contribution in [2.75, 3.05) is 52.3 Å². The van der Waals surface area contributed by atoms with Gasteiger partial charge in [0.05, 0.1) is 36.5 Å². The highest BCUT2D eigenvalue weighted by Crippen LogP contribution is 2.29. The van der Waals surface area contributed by atoms with Crippen LogP contribution in [0.5, 0.6) is 11.5 Å². The summed E-state index contributed by atoms with van der Waals surface area (Å²) in [4.78, 5) is 16.9. The van der Waals surface area contributed by atoms with Crippen LogP contribution in [-0.4, -0.2) is 62.7 Å². The Kier molecular flexibility index (Phi) is 7.61. The van der Waals surface area contributed by atoms with E-state index in [1.807, 2.05) is 12.1 Å². The highest BCUT2D eigenvalue weighted by Gasteiger charge is 2.20. The van der Waals surface area contributed by atoms with Crippen molar-refractivity contribution in [3.8, 4) is 11.5 Å². The average molecular weight is 438 g/mol. The summed E-state index contributed by atoms with van der Waals surface area (Å²) in [6, 6.07) is 11.0. The Labute approximate surface area is 181 Å². The van der Waals surface area contributed by atoms with E-state index in [4.69, 9.17) is 32.7 Å². The molecule has 1 aliphatic heterocycles. The highest BCUT2D eigenvalue weighted by atomic mass is 35.5. The predicted molar refractivity (Wildman–Crippen MR) is 116 cm³/mol. The van der Waals surface area contributed by atoms with Crippen molar-refractivity contribution in [1.29, 1.82) is 0 Å². The SMILES string of the molecule is COc1ccc(NC(=O)CN2CCN(Cc3cccc(Cl)c3Cl)CC2)c(OC)c1. The van der Waals surface area contributed by atoms with E-state index in [0.29, 0.717) is 33.8 Å². The molecule has 1 saturated heterocycles. The van der Waals surface area contributed by atoms with Crippen molar-refractivity contribution in [2.24, 2.45) is 0 Å². The zero-order valence-corrected chi connectivity index (χ0v) is 18.1. The third-order valence-corrected chi connectivity index (χ3v) is 5.80. The minimum Gasteiger partial charge on any atom is -0.497 e. The van der Waals surface area contributed by atoms with Crippen molar-refractivity contribution in [2.45, 2.75) is 6.54 Å². The van der Waals surface area contributed by atoms with Crippen molar-refractivity contribution in [1.82, 2.24) is 9.80 Å². The van der Waals surface area contributed by atoms with Crippen LogP contribution < -0.4 is 14.8 Å². The van der Waals surface area contributed by atoms with Gasteiger partial charge < -0.3 is 14.8 Å². The lowest BCUT2D eigenvalue weighted by Gasteiger charge is -2.34. The molecule has 3 rings (SSSR count). The van der Waals surface area contributed by atoms with Crippen LogP contribution in [0, 0.1) is 0 Å². The first kappa shape index (κ1) is 21.7. The molecule has 0 aliphatic carbocycles. The normalized spacial score (nSPS) is 15.2. The first-order chi connectivity index (χ1) is 14.0. The van der Waals surface area contributed by atoms with Gasteiger partial charge in [-0.15, -0.1) is 0 Å². The minimum atomic E-state index is -0.0696. The Balaban J connectivity index is 1.49. The minimum absolute atomic E-state index is 0.0696. The smallest absolute Gasteiger partial charge is 0.238 e. The number of nitrogens with zero attached hydrogens (tertiary/aromatic N) is 2. The fourth-order valence-electron chi connectivity index (χ4n) is 3.31. The molecular weight excluding hydrogens is 413 g/mol. The summed E-state index contributed by atoms with van der Waals surface area (Å²) >= 11 is 12.4. The fourth-order valence-corrected chi connectivity index (χ4v) is 3.69. The number of halogens is 2. The van der Waals surface area contributed by atoms with E-state index in [-0.39, 0.29) is 5.91 Å². The van der Waals surface area contributed by atoms with E-state index < -0.39 is 0 Å². The largest absolute Gasteiger partial charge is 0.497 e. The number of piperazine rings is 1. The zero-order valence-electron chi connectivity index (χ0n) is 16.6. The van der Waals surface area contributed by atoms with E-state index in [1.54, 1.807) is 38.5 Å².